The van der Waals surface area contributed by atoms with Crippen molar-refractivity contribution in [2.45, 2.75) is 37.2 Å². The van der Waals surface area contributed by atoms with E-state index in [9.17, 15) is 5.11 Å². The highest BCUT2D eigenvalue weighted by atomic mass is 32.2. The summed E-state index contributed by atoms with van der Waals surface area (Å²) < 4.78 is 5.53. The summed E-state index contributed by atoms with van der Waals surface area (Å²) >= 11 is 1.59. The second-order valence-electron chi connectivity index (χ2n) is 3.31. The molecule has 0 spiro atoms. The number of thioether (sulfide) groups is 1. The fraction of sp³-hybridized carbons (Fsp3) is 1.00. The largest absolute Gasteiger partial charge is 0.395 e. The maximum Gasteiger partial charge on any atom is 0.0982 e. The average molecular weight is 206 g/mol. The summed E-state index contributed by atoms with van der Waals surface area (Å²) in [4.78, 5) is 0. The van der Waals surface area contributed by atoms with E-state index in [0.717, 1.165) is 12.8 Å². The van der Waals surface area contributed by atoms with E-state index < -0.39 is 6.10 Å². The number of aliphatic hydroxyl groups is 2. The minimum Gasteiger partial charge on any atom is -0.395 e. The Morgan fingerprint density at radius 2 is 2.31 bits per heavy atom. The zero-order valence-corrected chi connectivity index (χ0v) is 8.80. The van der Waals surface area contributed by atoms with Crippen molar-refractivity contribution in [2.24, 2.45) is 0 Å². The molecule has 2 N–H and O–H groups in total. The van der Waals surface area contributed by atoms with Crippen LogP contribution in [-0.2, 0) is 4.74 Å². The number of ether oxygens (including phenoxy) is 1. The van der Waals surface area contributed by atoms with E-state index in [-0.39, 0.29) is 18.0 Å². The number of hydrogen-bond acceptors (Lipinski definition) is 4. The second kappa shape index (κ2) is 5.86. The molecular weight excluding hydrogens is 188 g/mol. The van der Waals surface area contributed by atoms with Crippen molar-refractivity contribution < 1.29 is 14.9 Å². The summed E-state index contributed by atoms with van der Waals surface area (Å²) in [5, 5.41) is 18.6. The van der Waals surface area contributed by atoms with Crippen molar-refractivity contribution >= 4 is 11.8 Å². The minimum absolute atomic E-state index is 0.0619. The van der Waals surface area contributed by atoms with Crippen molar-refractivity contribution in [2.75, 3.05) is 19.0 Å². The van der Waals surface area contributed by atoms with Gasteiger partial charge in [-0.25, -0.2) is 0 Å². The van der Waals surface area contributed by atoms with Gasteiger partial charge in [0.1, 0.15) is 0 Å². The van der Waals surface area contributed by atoms with Gasteiger partial charge in [-0.15, -0.1) is 0 Å². The van der Waals surface area contributed by atoms with Crippen molar-refractivity contribution in [3.63, 3.8) is 0 Å². The Kier molecular flexibility index (Phi) is 5.09. The second-order valence-corrected chi connectivity index (χ2v) is 4.58. The topological polar surface area (TPSA) is 49.7 Å². The first-order valence-electron chi connectivity index (χ1n) is 4.81. The van der Waals surface area contributed by atoms with E-state index in [1.807, 2.05) is 0 Å². The molecule has 78 valence electrons. The van der Waals surface area contributed by atoms with Gasteiger partial charge in [0.05, 0.1) is 24.1 Å². The van der Waals surface area contributed by atoms with Gasteiger partial charge < -0.3 is 14.9 Å². The predicted molar refractivity (Wildman–Crippen MR) is 54.0 cm³/mol. The molecule has 1 saturated heterocycles. The fourth-order valence-corrected chi connectivity index (χ4v) is 2.59. The molecule has 0 aliphatic carbocycles. The molecule has 0 saturated carbocycles. The first-order valence-corrected chi connectivity index (χ1v) is 5.86. The molecule has 0 aromatic rings. The lowest BCUT2D eigenvalue weighted by Crippen LogP contribution is -2.34. The zero-order valence-electron chi connectivity index (χ0n) is 7.98. The molecule has 0 amide bonds. The molecule has 0 bridgehead atoms. The molecule has 4 heteroatoms. The monoisotopic (exact) mass is 206 g/mol. The van der Waals surface area contributed by atoms with E-state index in [0.29, 0.717) is 12.4 Å². The molecule has 3 atom stereocenters. The van der Waals surface area contributed by atoms with Crippen molar-refractivity contribution in [3.8, 4) is 0 Å². The number of aliphatic hydroxyl groups excluding tert-OH is 2. The SMILES string of the molecule is CCCCO[C@H]1[C@H](O)CS[C@@H]1CO. The van der Waals surface area contributed by atoms with Crippen molar-refractivity contribution in [1.29, 1.82) is 0 Å². The highest BCUT2D eigenvalue weighted by Gasteiger charge is 2.35. The van der Waals surface area contributed by atoms with Gasteiger partial charge >= 0.3 is 0 Å². The summed E-state index contributed by atoms with van der Waals surface area (Å²) in [5.41, 5.74) is 0. The van der Waals surface area contributed by atoms with Gasteiger partial charge in [-0.3, -0.25) is 0 Å². The van der Waals surface area contributed by atoms with Gasteiger partial charge in [0.25, 0.3) is 0 Å². The summed E-state index contributed by atoms with van der Waals surface area (Å²) in [6, 6.07) is 0. The van der Waals surface area contributed by atoms with Crippen LogP contribution in [-0.4, -0.2) is 46.6 Å². The lowest BCUT2D eigenvalue weighted by molar-refractivity contribution is -0.0282. The molecule has 0 radical (unpaired) electrons. The lowest BCUT2D eigenvalue weighted by Gasteiger charge is -2.19. The van der Waals surface area contributed by atoms with Crippen molar-refractivity contribution in [3.05, 3.63) is 0 Å². The zero-order chi connectivity index (χ0) is 9.68. The molecule has 13 heavy (non-hydrogen) atoms. The van der Waals surface area contributed by atoms with Crippen LogP contribution in [0, 0.1) is 0 Å². The molecule has 1 aliphatic heterocycles. The molecule has 1 aliphatic rings. The fourth-order valence-electron chi connectivity index (χ4n) is 1.40. The van der Waals surface area contributed by atoms with E-state index in [1.54, 1.807) is 11.8 Å². The Morgan fingerprint density at radius 3 is 2.92 bits per heavy atom. The maximum absolute atomic E-state index is 9.53. The molecule has 0 aromatic heterocycles. The van der Waals surface area contributed by atoms with Gasteiger partial charge in [0, 0.05) is 12.4 Å². The maximum atomic E-state index is 9.53. The van der Waals surface area contributed by atoms with E-state index in [2.05, 4.69) is 6.92 Å². The highest BCUT2D eigenvalue weighted by Crippen LogP contribution is 2.29. The van der Waals surface area contributed by atoms with Crippen LogP contribution in [0.4, 0.5) is 0 Å². The molecular formula is C9H18O3S. The first kappa shape index (κ1) is 11.3. The summed E-state index contributed by atoms with van der Waals surface area (Å²) in [5.74, 6) is 0.683. The van der Waals surface area contributed by atoms with Crippen LogP contribution in [0.3, 0.4) is 0 Å². The van der Waals surface area contributed by atoms with E-state index in [1.165, 1.54) is 0 Å². The smallest absolute Gasteiger partial charge is 0.0982 e. The number of hydrogen-bond donors (Lipinski definition) is 2. The average Bonchev–Trinajstić information content (AvgIpc) is 2.48. The van der Waals surface area contributed by atoms with Crippen LogP contribution < -0.4 is 0 Å². The van der Waals surface area contributed by atoms with Gasteiger partial charge in [-0.05, 0) is 6.42 Å². The van der Waals surface area contributed by atoms with Crippen molar-refractivity contribution in [1.82, 2.24) is 0 Å². The molecule has 0 aromatic carbocycles. The molecule has 1 heterocycles. The minimum atomic E-state index is -0.404. The molecule has 3 nitrogen and oxygen atoms in total. The molecule has 1 fully saturated rings. The summed E-state index contributed by atoms with van der Waals surface area (Å²) in [7, 11) is 0. The molecule has 1 rings (SSSR count). The van der Waals surface area contributed by atoms with Gasteiger partial charge in [0.2, 0.25) is 0 Å². The summed E-state index contributed by atoms with van der Waals surface area (Å²) in [6.07, 6.45) is 1.55. The third-order valence-corrected chi connectivity index (χ3v) is 3.59. The standard InChI is InChI=1S/C9H18O3S/c1-2-3-4-12-9-7(11)6-13-8(9)5-10/h7-11H,2-6H2,1H3/t7-,8-,9+/m1/s1. The highest BCUT2D eigenvalue weighted by molar-refractivity contribution is 8.00. The Labute approximate surface area is 83.5 Å². The molecule has 0 unspecified atom stereocenters. The third kappa shape index (κ3) is 3.13. The predicted octanol–water partition coefficient (Wildman–Crippen LogP) is 0.640. The Balaban J connectivity index is 2.27. The van der Waals surface area contributed by atoms with Crippen LogP contribution >= 0.6 is 11.8 Å². The van der Waals surface area contributed by atoms with Crippen LogP contribution in [0.5, 0.6) is 0 Å². The Hall–Kier alpha value is 0.230. The van der Waals surface area contributed by atoms with E-state index >= 15 is 0 Å². The van der Waals surface area contributed by atoms with Crippen LogP contribution in [0.1, 0.15) is 19.8 Å². The van der Waals surface area contributed by atoms with E-state index in [4.69, 9.17) is 9.84 Å². The third-order valence-electron chi connectivity index (χ3n) is 2.21. The summed E-state index contributed by atoms with van der Waals surface area (Å²) in [6.45, 7) is 2.89. The Morgan fingerprint density at radius 1 is 1.54 bits per heavy atom. The quantitative estimate of drug-likeness (QED) is 0.648. The lowest BCUT2D eigenvalue weighted by atomic mass is 10.1. The number of unbranched alkanes of at least 4 members (excludes halogenated alkanes) is 1. The van der Waals surface area contributed by atoms with Crippen LogP contribution in [0.15, 0.2) is 0 Å². The normalized spacial score (nSPS) is 33.9. The van der Waals surface area contributed by atoms with Gasteiger partial charge in [-0.2, -0.15) is 11.8 Å². The first-order chi connectivity index (χ1) is 6.29. The van der Waals surface area contributed by atoms with Gasteiger partial charge in [0.15, 0.2) is 0 Å². The van der Waals surface area contributed by atoms with Crippen LogP contribution in [0.2, 0.25) is 0 Å². The Bertz CT molecular complexity index is 143. The van der Waals surface area contributed by atoms with Crippen LogP contribution in [0.25, 0.3) is 0 Å². The van der Waals surface area contributed by atoms with Gasteiger partial charge in [-0.1, -0.05) is 13.3 Å². The number of rotatable bonds is 5.